The molecule has 1 atom stereocenters. The molecular weight excluding hydrogens is 646 g/mol. The van der Waals surface area contributed by atoms with Gasteiger partial charge in [-0.2, -0.15) is 0 Å². The van der Waals surface area contributed by atoms with Crippen molar-refractivity contribution in [1.82, 2.24) is 35.2 Å². The first-order valence-corrected chi connectivity index (χ1v) is 16.8. The van der Waals surface area contributed by atoms with Crippen LogP contribution in [0.1, 0.15) is 19.4 Å². The summed E-state index contributed by atoms with van der Waals surface area (Å²) in [4.78, 5) is 72.8. The number of carboxylic acid groups (broad SMARTS) is 3. The van der Waals surface area contributed by atoms with E-state index < -0.39 is 29.9 Å². The molecule has 0 saturated carbocycles. The molecule has 1 aliphatic heterocycles. The molecule has 0 aliphatic carbocycles. The van der Waals surface area contributed by atoms with Crippen LogP contribution in [0.3, 0.4) is 0 Å². The minimum absolute atomic E-state index is 0.0891. The normalized spacial score (nSPS) is 16.8. The fourth-order valence-electron chi connectivity index (χ4n) is 6.06. The Hall–Kier alpha value is -4.70. The van der Waals surface area contributed by atoms with Crippen molar-refractivity contribution in [1.29, 1.82) is 0 Å². The third-order valence-electron chi connectivity index (χ3n) is 8.76. The van der Waals surface area contributed by atoms with Crippen molar-refractivity contribution in [3.8, 4) is 0 Å². The standard InChI is InChI=1S/C35H47N7O8/c1-24(2)34(35(50)37-18-25-7-8-29-28(17-25)27-6-4-3-5-26(27)19-36-29)38-30(43)20-39-9-11-40(21-31(44)45)13-15-42(23-33(48)49)16-14-41(12-10-39)22-32(46)47/h3-8,17,19,24,34H,9-16,18,20-23H2,1-2H3,(H,37,50)(H,38,43)(H,44,45)(H,46,47)(H,48,49)/t34-/m0/s1. The molecule has 1 aromatic heterocycles. The molecule has 15 nitrogen and oxygen atoms in total. The van der Waals surface area contributed by atoms with Crippen LogP contribution < -0.4 is 10.6 Å². The first-order valence-electron chi connectivity index (χ1n) is 16.8. The summed E-state index contributed by atoms with van der Waals surface area (Å²) in [5.74, 6) is -4.03. The molecule has 1 fully saturated rings. The number of fused-ring (bicyclic) bond motifs is 3. The second-order valence-electron chi connectivity index (χ2n) is 13.0. The van der Waals surface area contributed by atoms with E-state index >= 15 is 0 Å². The minimum Gasteiger partial charge on any atom is -0.480 e. The van der Waals surface area contributed by atoms with Gasteiger partial charge in [0.05, 0.1) is 31.7 Å². The number of aliphatic carboxylic acids is 3. The van der Waals surface area contributed by atoms with E-state index in [4.69, 9.17) is 0 Å². The summed E-state index contributed by atoms with van der Waals surface area (Å²) in [7, 11) is 0. The number of nitrogens with one attached hydrogen (secondary N) is 2. The van der Waals surface area contributed by atoms with Crippen molar-refractivity contribution in [2.45, 2.75) is 26.4 Å². The van der Waals surface area contributed by atoms with Gasteiger partial charge in [-0.25, -0.2) is 0 Å². The number of hydrogen-bond acceptors (Lipinski definition) is 10. The van der Waals surface area contributed by atoms with Gasteiger partial charge in [0, 0.05) is 75.9 Å². The van der Waals surface area contributed by atoms with E-state index in [1.54, 1.807) is 14.7 Å². The molecular formula is C35H47N7O8. The lowest BCUT2D eigenvalue weighted by Crippen LogP contribution is -2.53. The molecule has 0 radical (unpaired) electrons. The highest BCUT2D eigenvalue weighted by Gasteiger charge is 2.26. The van der Waals surface area contributed by atoms with Gasteiger partial charge in [0.2, 0.25) is 11.8 Å². The van der Waals surface area contributed by atoms with Gasteiger partial charge in [-0.05, 0) is 29.0 Å². The summed E-state index contributed by atoms with van der Waals surface area (Å²) in [6.07, 6.45) is 1.84. The van der Waals surface area contributed by atoms with E-state index in [9.17, 15) is 39.3 Å². The third-order valence-corrected chi connectivity index (χ3v) is 8.76. The lowest BCUT2D eigenvalue weighted by atomic mass is 10.0. The van der Waals surface area contributed by atoms with Crippen LogP contribution in [-0.4, -0.2) is 154 Å². The van der Waals surface area contributed by atoms with Crippen molar-refractivity contribution in [3.05, 3.63) is 54.2 Å². The number of amides is 2. The first kappa shape index (κ1) is 38.1. The van der Waals surface area contributed by atoms with Crippen molar-refractivity contribution in [3.63, 3.8) is 0 Å². The Kier molecular flexibility index (Phi) is 14.0. The quantitative estimate of drug-likeness (QED) is 0.157. The second-order valence-corrected chi connectivity index (χ2v) is 13.0. The molecule has 270 valence electrons. The lowest BCUT2D eigenvalue weighted by Gasteiger charge is -2.33. The molecule has 2 aromatic carbocycles. The molecule has 1 saturated heterocycles. The van der Waals surface area contributed by atoms with Gasteiger partial charge in [0.1, 0.15) is 6.04 Å². The van der Waals surface area contributed by atoms with Crippen LogP contribution in [0.4, 0.5) is 0 Å². The Bertz CT molecular complexity index is 1640. The molecule has 0 spiro atoms. The van der Waals surface area contributed by atoms with Gasteiger partial charge >= 0.3 is 17.9 Å². The molecule has 0 bridgehead atoms. The highest BCUT2D eigenvalue weighted by atomic mass is 16.4. The molecule has 3 aromatic rings. The van der Waals surface area contributed by atoms with Gasteiger partial charge in [0.15, 0.2) is 0 Å². The maximum atomic E-state index is 13.4. The summed E-state index contributed by atoms with van der Waals surface area (Å²) in [5.41, 5.74) is 1.74. The molecule has 4 rings (SSSR count). The van der Waals surface area contributed by atoms with Crippen LogP contribution in [0.5, 0.6) is 0 Å². The summed E-state index contributed by atoms with van der Waals surface area (Å²) in [6, 6.07) is 13.0. The van der Waals surface area contributed by atoms with Crippen molar-refractivity contribution < 1.29 is 39.3 Å². The van der Waals surface area contributed by atoms with Gasteiger partial charge in [-0.15, -0.1) is 0 Å². The molecule has 50 heavy (non-hydrogen) atoms. The number of pyridine rings is 1. The van der Waals surface area contributed by atoms with E-state index in [0.717, 1.165) is 27.2 Å². The summed E-state index contributed by atoms with van der Waals surface area (Å²) in [6.45, 7) is 5.34. The predicted octanol–water partition coefficient (Wildman–Crippen LogP) is 0.620. The number of carboxylic acids is 3. The smallest absolute Gasteiger partial charge is 0.317 e. The van der Waals surface area contributed by atoms with Gasteiger partial charge in [-0.3, -0.25) is 48.6 Å². The number of hydrogen-bond donors (Lipinski definition) is 5. The molecule has 2 heterocycles. The van der Waals surface area contributed by atoms with Gasteiger partial charge in [-0.1, -0.05) is 44.2 Å². The summed E-state index contributed by atoms with van der Waals surface area (Å²) < 4.78 is 0. The highest BCUT2D eigenvalue weighted by Crippen LogP contribution is 2.24. The molecule has 2 amide bonds. The lowest BCUT2D eigenvalue weighted by molar-refractivity contribution is -0.140. The Morgan fingerprint density at radius 2 is 1.20 bits per heavy atom. The summed E-state index contributed by atoms with van der Waals surface area (Å²) in [5, 5.41) is 37.2. The molecule has 1 aliphatic rings. The van der Waals surface area contributed by atoms with Crippen LogP contribution in [-0.2, 0) is 30.5 Å². The van der Waals surface area contributed by atoms with E-state index in [1.807, 2.05) is 67.4 Å². The molecule has 5 N–H and O–H groups in total. The van der Waals surface area contributed by atoms with Crippen LogP contribution >= 0.6 is 0 Å². The topological polar surface area (TPSA) is 196 Å². The van der Waals surface area contributed by atoms with E-state index in [1.165, 1.54) is 0 Å². The number of carbonyl (C=O) groups is 5. The Morgan fingerprint density at radius 1 is 0.700 bits per heavy atom. The van der Waals surface area contributed by atoms with Crippen molar-refractivity contribution >= 4 is 51.4 Å². The summed E-state index contributed by atoms with van der Waals surface area (Å²) >= 11 is 0. The number of aromatic nitrogens is 1. The largest absolute Gasteiger partial charge is 0.480 e. The van der Waals surface area contributed by atoms with E-state index in [0.29, 0.717) is 13.1 Å². The second kappa shape index (κ2) is 18.3. The fourth-order valence-corrected chi connectivity index (χ4v) is 6.06. The predicted molar refractivity (Wildman–Crippen MR) is 187 cm³/mol. The average Bonchev–Trinajstić information content (AvgIpc) is 3.06. The van der Waals surface area contributed by atoms with E-state index in [-0.39, 0.29) is 83.8 Å². The zero-order valence-corrected chi connectivity index (χ0v) is 28.6. The molecule has 0 unspecified atom stereocenters. The maximum absolute atomic E-state index is 13.4. The monoisotopic (exact) mass is 693 g/mol. The Labute approximate surface area is 290 Å². The zero-order valence-electron chi connectivity index (χ0n) is 28.6. The van der Waals surface area contributed by atoms with Crippen LogP contribution in [0.2, 0.25) is 0 Å². The minimum atomic E-state index is -1.03. The highest BCUT2D eigenvalue weighted by molar-refractivity contribution is 6.05. The van der Waals surface area contributed by atoms with Crippen LogP contribution in [0.15, 0.2) is 48.7 Å². The third kappa shape index (κ3) is 11.7. The maximum Gasteiger partial charge on any atom is 0.317 e. The van der Waals surface area contributed by atoms with Crippen molar-refractivity contribution in [2.24, 2.45) is 5.92 Å². The number of benzene rings is 2. The van der Waals surface area contributed by atoms with E-state index in [2.05, 4.69) is 15.6 Å². The van der Waals surface area contributed by atoms with Gasteiger partial charge < -0.3 is 26.0 Å². The SMILES string of the molecule is CC(C)[C@H](NC(=O)CN1CCN(CC(=O)O)CCN(CC(=O)O)CCN(CC(=O)O)CC1)C(=O)NCc1ccc2ncc3ccccc3c2c1. The van der Waals surface area contributed by atoms with Crippen molar-refractivity contribution in [2.75, 3.05) is 78.5 Å². The fraction of sp³-hybridized carbons (Fsp3) is 0.486. The number of rotatable bonds is 13. The molecule has 15 heteroatoms. The Morgan fingerprint density at radius 3 is 1.70 bits per heavy atom. The number of nitrogens with zero attached hydrogens (tertiary/aromatic N) is 5. The number of carbonyl (C=O) groups excluding carboxylic acids is 2. The average molecular weight is 694 g/mol. The van der Waals surface area contributed by atoms with Gasteiger partial charge in [0.25, 0.3) is 0 Å². The first-order chi connectivity index (χ1) is 23.9. The Balaban J connectivity index is 1.41. The van der Waals surface area contributed by atoms with Crippen LogP contribution in [0.25, 0.3) is 21.7 Å². The van der Waals surface area contributed by atoms with Crippen LogP contribution in [0, 0.1) is 5.92 Å². The zero-order chi connectivity index (χ0) is 36.2.